The summed E-state index contributed by atoms with van der Waals surface area (Å²) in [5.74, 6) is 0.0886. The van der Waals surface area contributed by atoms with Crippen LogP contribution in [-0.2, 0) is 16.1 Å². The zero-order chi connectivity index (χ0) is 25.8. The van der Waals surface area contributed by atoms with Gasteiger partial charge in [-0.15, -0.1) is 0 Å². The molecule has 0 bridgehead atoms. The maximum atomic E-state index is 12.5. The van der Waals surface area contributed by atoms with Crippen molar-refractivity contribution in [3.05, 3.63) is 102 Å². The van der Waals surface area contributed by atoms with Gasteiger partial charge in [0.15, 0.2) is 17.2 Å². The molecule has 3 aromatic rings. The molecule has 1 aliphatic rings. The van der Waals surface area contributed by atoms with Crippen molar-refractivity contribution < 1.29 is 23.9 Å². The van der Waals surface area contributed by atoms with Gasteiger partial charge in [0.2, 0.25) is 5.90 Å². The average molecular weight is 572 g/mol. The summed E-state index contributed by atoms with van der Waals surface area (Å²) in [5.41, 5.74) is 2.23. The van der Waals surface area contributed by atoms with Crippen LogP contribution in [0, 0.1) is 17.0 Å². The van der Waals surface area contributed by atoms with Gasteiger partial charge in [-0.2, -0.15) is 0 Å². The molecule has 0 fully saturated rings. The largest absolute Gasteiger partial charge is 0.490 e. The third-order valence-corrected chi connectivity index (χ3v) is 6.29. The van der Waals surface area contributed by atoms with Gasteiger partial charge in [0.05, 0.1) is 16.6 Å². The lowest BCUT2D eigenvalue weighted by molar-refractivity contribution is -0.385. The number of nitro benzene ring substituents is 1. The Morgan fingerprint density at radius 2 is 1.94 bits per heavy atom. The summed E-state index contributed by atoms with van der Waals surface area (Å²) >= 11 is 10.0. The molecule has 3 aromatic carbocycles. The van der Waals surface area contributed by atoms with Gasteiger partial charge < -0.3 is 14.2 Å². The van der Waals surface area contributed by atoms with E-state index in [0.717, 1.165) is 10.0 Å². The Morgan fingerprint density at radius 3 is 2.67 bits per heavy atom. The van der Waals surface area contributed by atoms with Gasteiger partial charge in [0, 0.05) is 27.2 Å². The summed E-state index contributed by atoms with van der Waals surface area (Å²) in [6.45, 7) is 4.10. The van der Waals surface area contributed by atoms with Crippen molar-refractivity contribution in [3.63, 3.8) is 0 Å². The highest BCUT2D eigenvalue weighted by Crippen LogP contribution is 2.38. The zero-order valence-electron chi connectivity index (χ0n) is 19.3. The van der Waals surface area contributed by atoms with Gasteiger partial charge in [-0.05, 0) is 49.8 Å². The van der Waals surface area contributed by atoms with Gasteiger partial charge in [0.25, 0.3) is 5.69 Å². The average Bonchev–Trinajstić information content (AvgIpc) is 3.20. The van der Waals surface area contributed by atoms with E-state index in [1.54, 1.807) is 31.2 Å². The first-order valence-electron chi connectivity index (χ1n) is 10.9. The summed E-state index contributed by atoms with van der Waals surface area (Å²) in [7, 11) is 0. The number of benzene rings is 3. The molecule has 0 aromatic heterocycles. The molecule has 0 saturated carbocycles. The second-order valence-corrected chi connectivity index (χ2v) is 9.00. The van der Waals surface area contributed by atoms with E-state index in [1.165, 1.54) is 12.1 Å². The Morgan fingerprint density at radius 1 is 1.17 bits per heavy atom. The van der Waals surface area contributed by atoms with Gasteiger partial charge in [-0.3, -0.25) is 10.1 Å². The molecule has 0 saturated heterocycles. The number of rotatable bonds is 8. The molecule has 1 heterocycles. The minimum absolute atomic E-state index is 0.0149. The van der Waals surface area contributed by atoms with Crippen molar-refractivity contribution in [1.82, 2.24) is 0 Å². The first kappa shape index (κ1) is 25.4. The Labute approximate surface area is 220 Å². The number of aryl methyl sites for hydroxylation is 1. The fraction of sp³-hybridized carbons (Fsp3) is 0.154. The lowest BCUT2D eigenvalue weighted by atomic mass is 10.1. The van der Waals surface area contributed by atoms with Crippen molar-refractivity contribution in [3.8, 4) is 11.5 Å². The maximum absolute atomic E-state index is 12.5. The number of aliphatic imine (C=N–C) groups is 1. The normalized spacial score (nSPS) is 13.9. The van der Waals surface area contributed by atoms with E-state index in [1.807, 2.05) is 31.2 Å². The van der Waals surface area contributed by atoms with Crippen molar-refractivity contribution in [2.45, 2.75) is 20.5 Å². The van der Waals surface area contributed by atoms with Gasteiger partial charge in [0.1, 0.15) is 6.61 Å². The maximum Gasteiger partial charge on any atom is 0.363 e. The number of carbonyl (C=O) groups excluding carboxylic acids is 1. The van der Waals surface area contributed by atoms with Crippen molar-refractivity contribution in [2.75, 3.05) is 6.61 Å². The smallest absolute Gasteiger partial charge is 0.363 e. The molecule has 184 valence electrons. The van der Waals surface area contributed by atoms with E-state index in [9.17, 15) is 14.9 Å². The van der Waals surface area contributed by atoms with E-state index >= 15 is 0 Å². The first-order valence-corrected chi connectivity index (χ1v) is 12.0. The van der Waals surface area contributed by atoms with Gasteiger partial charge >= 0.3 is 5.97 Å². The Hall–Kier alpha value is -3.69. The van der Waals surface area contributed by atoms with Gasteiger partial charge in [-0.1, -0.05) is 51.8 Å². The van der Waals surface area contributed by atoms with Crippen LogP contribution in [0.4, 0.5) is 5.69 Å². The molecule has 1 aliphatic heterocycles. The molecule has 36 heavy (non-hydrogen) atoms. The third kappa shape index (κ3) is 5.58. The number of halogens is 2. The molecule has 0 atom stereocenters. The Bertz CT molecular complexity index is 1420. The fourth-order valence-corrected chi connectivity index (χ4v) is 4.14. The minimum Gasteiger partial charge on any atom is -0.490 e. The third-order valence-electron chi connectivity index (χ3n) is 5.24. The fourth-order valence-electron chi connectivity index (χ4n) is 3.47. The minimum atomic E-state index is -0.684. The SMILES string of the molecule is CCOc1cc(/C=C2\N=C(c3ccc(C)c([N+](=O)[O-])c3)OC2=O)cc(Cl)c1OCc1ccccc1Br. The standard InChI is InChI=1S/C26H20BrClN2O6/c1-3-34-23-12-16(10-20(28)24(23)35-14-18-6-4-5-7-19(18)27)11-21-26(31)36-25(29-21)17-9-8-15(2)22(13-17)30(32)33/h4-13H,3,14H2,1-2H3/b21-11-. The molecule has 0 amide bonds. The molecular weight excluding hydrogens is 552 g/mol. The van der Waals surface area contributed by atoms with E-state index in [4.69, 9.17) is 25.8 Å². The molecule has 0 unspecified atom stereocenters. The number of nitrogens with zero attached hydrogens (tertiary/aromatic N) is 2. The first-order chi connectivity index (χ1) is 17.3. The number of cyclic esters (lactones) is 1. The molecule has 10 heteroatoms. The summed E-state index contributed by atoms with van der Waals surface area (Å²) in [6.07, 6.45) is 1.50. The van der Waals surface area contributed by atoms with Crippen molar-refractivity contribution in [1.29, 1.82) is 0 Å². The van der Waals surface area contributed by atoms with Crippen LogP contribution in [0.1, 0.15) is 29.2 Å². The van der Waals surface area contributed by atoms with Crippen LogP contribution in [0.25, 0.3) is 6.08 Å². The highest BCUT2D eigenvalue weighted by atomic mass is 79.9. The number of ether oxygens (including phenoxy) is 3. The van der Waals surface area contributed by atoms with Crippen LogP contribution in [-0.4, -0.2) is 23.4 Å². The second-order valence-electron chi connectivity index (χ2n) is 7.74. The second kappa shape index (κ2) is 10.9. The molecule has 8 nitrogen and oxygen atoms in total. The van der Waals surface area contributed by atoms with Crippen LogP contribution in [0.2, 0.25) is 5.02 Å². The van der Waals surface area contributed by atoms with E-state index in [0.29, 0.717) is 39.8 Å². The lowest BCUT2D eigenvalue weighted by Crippen LogP contribution is -2.06. The van der Waals surface area contributed by atoms with Gasteiger partial charge in [-0.25, -0.2) is 9.79 Å². The predicted octanol–water partition coefficient (Wildman–Crippen LogP) is 6.64. The summed E-state index contributed by atoms with van der Waals surface area (Å²) in [5, 5.41) is 11.6. The number of esters is 1. The summed E-state index contributed by atoms with van der Waals surface area (Å²) in [4.78, 5) is 27.5. The van der Waals surface area contributed by atoms with Crippen LogP contribution in [0.15, 0.2) is 69.8 Å². The summed E-state index contributed by atoms with van der Waals surface area (Å²) in [6, 6.07) is 15.5. The number of hydrogen-bond donors (Lipinski definition) is 0. The molecule has 0 radical (unpaired) electrons. The van der Waals surface area contributed by atoms with E-state index in [2.05, 4.69) is 20.9 Å². The molecule has 0 aliphatic carbocycles. The molecule has 0 N–H and O–H groups in total. The number of hydrogen-bond acceptors (Lipinski definition) is 7. The van der Waals surface area contributed by atoms with Crippen molar-refractivity contribution >= 4 is 51.2 Å². The van der Waals surface area contributed by atoms with Crippen molar-refractivity contribution in [2.24, 2.45) is 4.99 Å². The molecule has 4 rings (SSSR count). The monoisotopic (exact) mass is 570 g/mol. The van der Waals surface area contributed by atoms with E-state index in [-0.39, 0.29) is 23.9 Å². The topological polar surface area (TPSA) is 100 Å². The quantitative estimate of drug-likeness (QED) is 0.130. The number of carbonyl (C=O) groups is 1. The molecule has 0 spiro atoms. The summed E-state index contributed by atoms with van der Waals surface area (Å²) < 4.78 is 17.9. The zero-order valence-corrected chi connectivity index (χ0v) is 21.6. The van der Waals surface area contributed by atoms with Crippen LogP contribution < -0.4 is 9.47 Å². The Balaban J connectivity index is 1.63. The Kier molecular flexibility index (Phi) is 7.71. The highest BCUT2D eigenvalue weighted by molar-refractivity contribution is 9.10. The van der Waals surface area contributed by atoms with E-state index < -0.39 is 10.9 Å². The highest BCUT2D eigenvalue weighted by Gasteiger charge is 2.26. The van der Waals surface area contributed by atoms with Crippen LogP contribution in [0.5, 0.6) is 11.5 Å². The number of nitro groups is 1. The molecular formula is C26H20BrClN2O6. The predicted molar refractivity (Wildman–Crippen MR) is 140 cm³/mol. The lowest BCUT2D eigenvalue weighted by Gasteiger charge is -2.15. The van der Waals surface area contributed by atoms with Crippen LogP contribution in [0.3, 0.4) is 0 Å². The van der Waals surface area contributed by atoms with Crippen LogP contribution >= 0.6 is 27.5 Å².